The van der Waals surface area contributed by atoms with E-state index in [1.165, 1.54) is 12.8 Å². The maximum Gasteiger partial charge on any atom is 0.315 e. The normalized spacial score (nSPS) is 14.8. The van der Waals surface area contributed by atoms with Crippen LogP contribution in [0.5, 0.6) is 0 Å². The fraction of sp³-hybridized carbons (Fsp3) is 0.500. The summed E-state index contributed by atoms with van der Waals surface area (Å²) in [6, 6.07) is 3.93. The molecule has 1 N–H and O–H groups in total. The SMILES string of the molecule is Cc1cc(CNc2nnc(C(F)F)o2)cc(N2CCCC2)n1. The van der Waals surface area contributed by atoms with Crippen LogP contribution in [0.15, 0.2) is 16.5 Å². The molecule has 22 heavy (non-hydrogen) atoms. The Morgan fingerprint density at radius 3 is 2.73 bits per heavy atom. The first-order valence-corrected chi connectivity index (χ1v) is 7.20. The maximum atomic E-state index is 12.4. The first kappa shape index (κ1) is 14.7. The van der Waals surface area contributed by atoms with Gasteiger partial charge in [0.2, 0.25) is 0 Å². The summed E-state index contributed by atoms with van der Waals surface area (Å²) >= 11 is 0. The highest BCUT2D eigenvalue weighted by atomic mass is 19.3. The molecule has 0 spiro atoms. The molecule has 1 fully saturated rings. The van der Waals surface area contributed by atoms with Crippen molar-refractivity contribution in [3.63, 3.8) is 0 Å². The fourth-order valence-corrected chi connectivity index (χ4v) is 2.50. The van der Waals surface area contributed by atoms with Crippen LogP contribution >= 0.6 is 0 Å². The van der Waals surface area contributed by atoms with Crippen LogP contribution in [-0.2, 0) is 6.54 Å². The zero-order valence-electron chi connectivity index (χ0n) is 12.2. The van der Waals surface area contributed by atoms with Gasteiger partial charge >= 0.3 is 12.4 Å². The smallest absolute Gasteiger partial charge is 0.315 e. The van der Waals surface area contributed by atoms with Crippen molar-refractivity contribution in [3.05, 3.63) is 29.3 Å². The van der Waals surface area contributed by atoms with Crippen molar-refractivity contribution in [3.8, 4) is 0 Å². The van der Waals surface area contributed by atoms with E-state index in [-0.39, 0.29) is 6.01 Å². The van der Waals surface area contributed by atoms with Gasteiger partial charge < -0.3 is 14.6 Å². The fourth-order valence-electron chi connectivity index (χ4n) is 2.50. The zero-order valence-corrected chi connectivity index (χ0v) is 12.2. The molecule has 0 saturated carbocycles. The molecule has 6 nitrogen and oxygen atoms in total. The van der Waals surface area contributed by atoms with Crippen molar-refractivity contribution < 1.29 is 13.2 Å². The van der Waals surface area contributed by atoms with Gasteiger partial charge in [-0.1, -0.05) is 5.10 Å². The van der Waals surface area contributed by atoms with E-state index in [4.69, 9.17) is 4.42 Å². The standard InChI is InChI=1S/C14H17F2N5O/c1-9-6-10(7-11(18-9)21-4-2-3-5-21)8-17-14-20-19-13(22-14)12(15)16/h6-7,12H,2-5,8H2,1H3,(H,17,20). The van der Waals surface area contributed by atoms with Crippen LogP contribution in [0.4, 0.5) is 20.6 Å². The summed E-state index contributed by atoms with van der Waals surface area (Å²) in [4.78, 5) is 6.79. The molecule has 0 aromatic carbocycles. The molecule has 1 aliphatic heterocycles. The number of nitrogens with one attached hydrogen (secondary N) is 1. The van der Waals surface area contributed by atoms with Gasteiger partial charge in [-0.15, -0.1) is 5.10 Å². The lowest BCUT2D eigenvalue weighted by atomic mass is 10.2. The van der Waals surface area contributed by atoms with Crippen molar-refractivity contribution in [2.45, 2.75) is 32.7 Å². The lowest BCUT2D eigenvalue weighted by Crippen LogP contribution is -2.19. The van der Waals surface area contributed by atoms with Crippen LogP contribution < -0.4 is 10.2 Å². The molecule has 0 bridgehead atoms. The number of aromatic nitrogens is 3. The van der Waals surface area contributed by atoms with Gasteiger partial charge in [0.15, 0.2) is 0 Å². The van der Waals surface area contributed by atoms with Gasteiger partial charge in [-0.25, -0.2) is 4.98 Å². The molecule has 118 valence electrons. The minimum absolute atomic E-state index is 0.00696. The molecule has 1 aliphatic rings. The molecule has 0 radical (unpaired) electrons. The van der Waals surface area contributed by atoms with Crippen molar-refractivity contribution >= 4 is 11.8 Å². The third-order valence-electron chi connectivity index (χ3n) is 3.50. The average Bonchev–Trinajstić information content (AvgIpc) is 3.16. The number of hydrogen-bond donors (Lipinski definition) is 1. The van der Waals surface area contributed by atoms with Crippen LogP contribution in [0.1, 0.15) is 36.4 Å². The molecule has 2 aromatic rings. The second-order valence-corrected chi connectivity index (χ2v) is 5.27. The van der Waals surface area contributed by atoms with Gasteiger partial charge in [0, 0.05) is 25.3 Å². The van der Waals surface area contributed by atoms with Gasteiger partial charge in [-0.3, -0.25) is 0 Å². The van der Waals surface area contributed by atoms with E-state index in [1.54, 1.807) is 0 Å². The Morgan fingerprint density at radius 1 is 1.27 bits per heavy atom. The summed E-state index contributed by atoms with van der Waals surface area (Å²) in [5, 5.41) is 9.68. The zero-order chi connectivity index (χ0) is 15.5. The molecule has 0 atom stereocenters. The third-order valence-corrected chi connectivity index (χ3v) is 3.50. The Hall–Kier alpha value is -2.25. The van der Waals surface area contributed by atoms with Gasteiger partial charge in [-0.2, -0.15) is 8.78 Å². The first-order valence-electron chi connectivity index (χ1n) is 7.20. The van der Waals surface area contributed by atoms with E-state index >= 15 is 0 Å². The van der Waals surface area contributed by atoms with E-state index in [1.807, 2.05) is 19.1 Å². The predicted molar refractivity (Wildman–Crippen MR) is 77.0 cm³/mol. The second kappa shape index (κ2) is 6.25. The average molecular weight is 309 g/mol. The molecule has 1 saturated heterocycles. The number of halogens is 2. The van der Waals surface area contributed by atoms with E-state index in [2.05, 4.69) is 25.4 Å². The van der Waals surface area contributed by atoms with Crippen LogP contribution in [0, 0.1) is 6.92 Å². The van der Waals surface area contributed by atoms with Gasteiger partial charge in [-0.05, 0) is 37.5 Å². The molecule has 2 aromatic heterocycles. The van der Waals surface area contributed by atoms with Crippen LogP contribution in [-0.4, -0.2) is 28.3 Å². The van der Waals surface area contributed by atoms with Gasteiger partial charge in [0.25, 0.3) is 5.89 Å². The Bertz CT molecular complexity index is 640. The van der Waals surface area contributed by atoms with E-state index in [0.29, 0.717) is 6.54 Å². The van der Waals surface area contributed by atoms with Crippen molar-refractivity contribution in [1.82, 2.24) is 15.2 Å². The topological polar surface area (TPSA) is 67.1 Å². The minimum atomic E-state index is -2.76. The summed E-state index contributed by atoms with van der Waals surface area (Å²) in [7, 11) is 0. The number of aryl methyl sites for hydroxylation is 1. The monoisotopic (exact) mass is 309 g/mol. The van der Waals surface area contributed by atoms with Gasteiger partial charge in [0.1, 0.15) is 5.82 Å². The van der Waals surface area contributed by atoms with Gasteiger partial charge in [0.05, 0.1) is 0 Å². The number of anilines is 2. The van der Waals surface area contributed by atoms with Crippen LogP contribution in [0.25, 0.3) is 0 Å². The summed E-state index contributed by atoms with van der Waals surface area (Å²) in [5.74, 6) is 0.277. The number of pyridine rings is 1. The second-order valence-electron chi connectivity index (χ2n) is 5.27. The molecule has 3 heterocycles. The maximum absolute atomic E-state index is 12.4. The third kappa shape index (κ3) is 3.32. The number of alkyl halides is 2. The summed E-state index contributed by atoms with van der Waals surface area (Å²) in [6.07, 6.45) is -0.392. The number of rotatable bonds is 5. The highest BCUT2D eigenvalue weighted by Gasteiger charge is 2.17. The molecule has 3 rings (SSSR count). The largest absolute Gasteiger partial charge is 0.402 e. The van der Waals surface area contributed by atoms with Crippen LogP contribution in [0.2, 0.25) is 0 Å². The summed E-state index contributed by atoms with van der Waals surface area (Å²) in [5.41, 5.74) is 1.91. The van der Waals surface area contributed by atoms with Crippen LogP contribution in [0.3, 0.4) is 0 Å². The predicted octanol–water partition coefficient (Wildman–Crippen LogP) is 2.92. The summed E-state index contributed by atoms with van der Waals surface area (Å²) in [6.45, 7) is 4.38. The van der Waals surface area contributed by atoms with Crippen molar-refractivity contribution in [2.24, 2.45) is 0 Å². The highest BCUT2D eigenvalue weighted by molar-refractivity contribution is 5.44. The first-order chi connectivity index (χ1) is 10.6. The lowest BCUT2D eigenvalue weighted by Gasteiger charge is -2.18. The Labute approximate surface area is 126 Å². The quantitative estimate of drug-likeness (QED) is 0.916. The van der Waals surface area contributed by atoms with E-state index in [0.717, 1.165) is 30.2 Å². The number of nitrogens with zero attached hydrogens (tertiary/aromatic N) is 4. The lowest BCUT2D eigenvalue weighted by molar-refractivity contribution is 0.116. The van der Waals surface area contributed by atoms with E-state index in [9.17, 15) is 8.78 Å². The van der Waals surface area contributed by atoms with Crippen molar-refractivity contribution in [1.29, 1.82) is 0 Å². The Balaban J connectivity index is 1.68. The highest BCUT2D eigenvalue weighted by Crippen LogP contribution is 2.21. The number of hydrogen-bond acceptors (Lipinski definition) is 6. The Morgan fingerprint density at radius 2 is 2.05 bits per heavy atom. The molecule has 8 heteroatoms. The molecule has 0 unspecified atom stereocenters. The van der Waals surface area contributed by atoms with E-state index < -0.39 is 12.3 Å². The molecular weight excluding hydrogens is 292 g/mol. The summed E-state index contributed by atoms with van der Waals surface area (Å²) < 4.78 is 29.6. The minimum Gasteiger partial charge on any atom is -0.402 e. The molecular formula is C14H17F2N5O. The Kier molecular flexibility index (Phi) is 4.17. The molecule has 0 aliphatic carbocycles. The molecule has 0 amide bonds. The van der Waals surface area contributed by atoms with Crippen molar-refractivity contribution in [2.75, 3.05) is 23.3 Å².